The van der Waals surface area contributed by atoms with E-state index in [1.165, 1.54) is 18.5 Å². The summed E-state index contributed by atoms with van der Waals surface area (Å²) in [6.07, 6.45) is 4.79. The number of anilines is 2. The second kappa shape index (κ2) is 6.24. The molecule has 0 saturated carbocycles. The highest BCUT2D eigenvalue weighted by Gasteiger charge is 2.48. The van der Waals surface area contributed by atoms with Crippen molar-refractivity contribution in [2.75, 3.05) is 11.1 Å². The Kier molecular flexibility index (Phi) is 3.75. The second-order valence-corrected chi connectivity index (χ2v) is 7.05. The largest absolute Gasteiger partial charge is 0.383 e. The van der Waals surface area contributed by atoms with Crippen molar-refractivity contribution in [2.45, 2.75) is 25.7 Å². The Morgan fingerprint density at radius 3 is 2.80 bits per heavy atom. The fraction of sp³-hybridized carbons (Fsp3) is 0.211. The monoisotopic (exact) mass is 405 g/mol. The predicted molar refractivity (Wildman–Crippen MR) is 105 cm³/mol. The second-order valence-electron chi connectivity index (χ2n) is 7.05. The first-order valence-electron chi connectivity index (χ1n) is 9.23. The van der Waals surface area contributed by atoms with Crippen LogP contribution in [0.3, 0.4) is 0 Å². The van der Waals surface area contributed by atoms with Gasteiger partial charge in [-0.05, 0) is 25.5 Å². The van der Waals surface area contributed by atoms with Gasteiger partial charge in [-0.25, -0.2) is 28.8 Å². The molecule has 5 heterocycles. The van der Waals surface area contributed by atoms with E-state index in [1.807, 2.05) is 6.92 Å². The van der Waals surface area contributed by atoms with E-state index in [1.54, 1.807) is 17.6 Å². The number of hydrogen-bond donors (Lipinski definition) is 2. The average Bonchev–Trinajstić information content (AvgIpc) is 3.30. The Balaban J connectivity index is 1.67. The maximum atomic E-state index is 13.3. The number of amides is 1. The number of nitrogens with two attached hydrogens (primary N) is 1. The molecule has 3 N–H and O–H groups in total. The fourth-order valence-corrected chi connectivity index (χ4v) is 3.67. The van der Waals surface area contributed by atoms with Crippen LogP contribution in [0, 0.1) is 5.82 Å². The van der Waals surface area contributed by atoms with Crippen molar-refractivity contribution in [3.63, 3.8) is 0 Å². The van der Waals surface area contributed by atoms with Crippen LogP contribution in [0.5, 0.6) is 0 Å². The highest BCUT2D eigenvalue weighted by atomic mass is 19.1. The van der Waals surface area contributed by atoms with Gasteiger partial charge >= 0.3 is 0 Å². The van der Waals surface area contributed by atoms with Crippen LogP contribution < -0.4 is 11.1 Å². The Labute approximate surface area is 169 Å². The number of carbonyl (C=O) groups is 1. The number of pyridine rings is 1. The third-order valence-corrected chi connectivity index (χ3v) is 5.26. The predicted octanol–water partition coefficient (Wildman–Crippen LogP) is 1.52. The third-order valence-electron chi connectivity index (χ3n) is 5.26. The van der Waals surface area contributed by atoms with Gasteiger partial charge in [-0.3, -0.25) is 9.78 Å². The molecule has 1 atom stereocenters. The van der Waals surface area contributed by atoms with Crippen molar-refractivity contribution in [2.24, 2.45) is 0 Å². The fourth-order valence-electron chi connectivity index (χ4n) is 3.67. The van der Waals surface area contributed by atoms with Crippen LogP contribution in [-0.2, 0) is 16.6 Å². The van der Waals surface area contributed by atoms with E-state index in [2.05, 4.69) is 35.3 Å². The standard InChI is InChI=1S/C19H16FN9O/c1-3-10-17-23-8-24-29(17)7-11(25-10)15-26-14(21)13-16(27-15)28-18(30)19(13,2)12-5-4-9(20)6-22-12/h4-8H,3H2,1-2H3,(H3,21,26,27,28,30). The minimum atomic E-state index is -1.25. The molecule has 1 amide bonds. The lowest BCUT2D eigenvalue weighted by Crippen LogP contribution is -2.34. The first-order chi connectivity index (χ1) is 14.4. The van der Waals surface area contributed by atoms with Gasteiger partial charge in [0.15, 0.2) is 11.5 Å². The molecule has 1 aliphatic heterocycles. The summed E-state index contributed by atoms with van der Waals surface area (Å²) >= 11 is 0. The van der Waals surface area contributed by atoms with Crippen molar-refractivity contribution >= 4 is 23.2 Å². The smallest absolute Gasteiger partial charge is 0.242 e. The van der Waals surface area contributed by atoms with Crippen LogP contribution in [0.4, 0.5) is 16.0 Å². The number of aromatic nitrogens is 7. The third kappa shape index (κ3) is 2.44. The van der Waals surface area contributed by atoms with Crippen LogP contribution in [-0.4, -0.2) is 40.4 Å². The van der Waals surface area contributed by atoms with Crippen molar-refractivity contribution in [1.82, 2.24) is 34.5 Å². The van der Waals surface area contributed by atoms with E-state index in [9.17, 15) is 9.18 Å². The van der Waals surface area contributed by atoms with Gasteiger partial charge in [0.1, 0.15) is 34.9 Å². The summed E-state index contributed by atoms with van der Waals surface area (Å²) in [5, 5.41) is 6.91. The number of nitrogen functional groups attached to an aromatic ring is 1. The highest BCUT2D eigenvalue weighted by Crippen LogP contribution is 2.44. The summed E-state index contributed by atoms with van der Waals surface area (Å²) in [5.74, 6) is -0.240. The Bertz CT molecular complexity index is 1320. The van der Waals surface area contributed by atoms with Crippen molar-refractivity contribution in [3.05, 3.63) is 53.6 Å². The maximum absolute atomic E-state index is 13.3. The normalized spacial score (nSPS) is 17.9. The van der Waals surface area contributed by atoms with E-state index >= 15 is 0 Å². The van der Waals surface area contributed by atoms with Crippen LogP contribution in [0.1, 0.15) is 30.8 Å². The highest BCUT2D eigenvalue weighted by molar-refractivity contribution is 6.08. The zero-order valence-electron chi connectivity index (χ0n) is 16.1. The van der Waals surface area contributed by atoms with Crippen molar-refractivity contribution in [3.8, 4) is 11.5 Å². The Hall–Kier alpha value is -4.02. The Morgan fingerprint density at radius 2 is 2.07 bits per heavy atom. The lowest BCUT2D eigenvalue weighted by molar-refractivity contribution is -0.119. The molecule has 4 aromatic rings. The molecule has 0 spiro atoms. The van der Waals surface area contributed by atoms with Crippen LogP contribution >= 0.6 is 0 Å². The number of carbonyl (C=O) groups excluding carboxylic acids is 1. The summed E-state index contributed by atoms with van der Waals surface area (Å²) in [6.45, 7) is 3.61. The number of aryl methyl sites for hydroxylation is 1. The number of nitrogens with zero attached hydrogens (tertiary/aromatic N) is 7. The van der Waals surface area contributed by atoms with Crippen LogP contribution in [0.25, 0.3) is 17.2 Å². The number of halogens is 1. The van der Waals surface area contributed by atoms with Gasteiger partial charge in [-0.2, -0.15) is 5.10 Å². The molecule has 0 radical (unpaired) electrons. The molecule has 150 valence electrons. The number of fused-ring (bicyclic) bond motifs is 2. The summed E-state index contributed by atoms with van der Waals surface area (Å²) in [6, 6.07) is 2.69. The topological polar surface area (TPSA) is 137 Å². The molecule has 1 unspecified atom stereocenters. The molecule has 0 saturated heterocycles. The van der Waals surface area contributed by atoms with E-state index in [4.69, 9.17) is 5.73 Å². The summed E-state index contributed by atoms with van der Waals surface area (Å²) < 4.78 is 14.9. The van der Waals surface area contributed by atoms with E-state index in [0.717, 1.165) is 11.9 Å². The Morgan fingerprint density at radius 1 is 1.23 bits per heavy atom. The molecule has 30 heavy (non-hydrogen) atoms. The van der Waals surface area contributed by atoms with Gasteiger partial charge in [0.25, 0.3) is 0 Å². The van der Waals surface area contributed by atoms with Gasteiger partial charge in [0.2, 0.25) is 5.91 Å². The first kappa shape index (κ1) is 18.0. The summed E-state index contributed by atoms with van der Waals surface area (Å²) in [5.41, 5.74) is 7.60. The minimum Gasteiger partial charge on any atom is -0.383 e. The lowest BCUT2D eigenvalue weighted by Gasteiger charge is -2.22. The summed E-state index contributed by atoms with van der Waals surface area (Å²) in [7, 11) is 0. The van der Waals surface area contributed by atoms with Gasteiger partial charge in [0.05, 0.1) is 29.3 Å². The molecule has 0 bridgehead atoms. The van der Waals surface area contributed by atoms with Crippen molar-refractivity contribution < 1.29 is 9.18 Å². The van der Waals surface area contributed by atoms with Gasteiger partial charge in [-0.1, -0.05) is 6.92 Å². The molecule has 11 heteroatoms. The molecule has 0 aliphatic carbocycles. The molecule has 0 aromatic carbocycles. The van der Waals surface area contributed by atoms with Crippen LogP contribution in [0.2, 0.25) is 0 Å². The van der Waals surface area contributed by atoms with Gasteiger partial charge < -0.3 is 11.1 Å². The zero-order chi connectivity index (χ0) is 21.0. The van der Waals surface area contributed by atoms with E-state index < -0.39 is 11.2 Å². The quantitative estimate of drug-likeness (QED) is 0.523. The SMILES string of the molecule is CCc1nc(-c2nc(N)c3c(n2)NC(=O)C3(C)c2ccc(F)cn2)cn2ncnc12. The zero-order valence-corrected chi connectivity index (χ0v) is 16.1. The van der Waals surface area contributed by atoms with E-state index in [0.29, 0.717) is 29.0 Å². The molecule has 0 fully saturated rings. The molecular formula is C19H16FN9O. The molecular weight excluding hydrogens is 389 g/mol. The van der Waals surface area contributed by atoms with Gasteiger partial charge in [0, 0.05) is 0 Å². The number of hydrogen-bond acceptors (Lipinski definition) is 8. The van der Waals surface area contributed by atoms with Gasteiger partial charge in [-0.15, -0.1) is 0 Å². The van der Waals surface area contributed by atoms with E-state index in [-0.39, 0.29) is 23.4 Å². The number of rotatable bonds is 3. The summed E-state index contributed by atoms with van der Waals surface area (Å²) in [4.78, 5) is 34.6. The maximum Gasteiger partial charge on any atom is 0.242 e. The lowest BCUT2D eigenvalue weighted by atomic mass is 9.81. The van der Waals surface area contributed by atoms with Crippen molar-refractivity contribution in [1.29, 1.82) is 0 Å². The molecule has 10 nitrogen and oxygen atoms in total. The van der Waals surface area contributed by atoms with Crippen LogP contribution in [0.15, 0.2) is 30.9 Å². The average molecular weight is 405 g/mol. The first-order valence-corrected chi connectivity index (χ1v) is 9.23. The minimum absolute atomic E-state index is 0.112. The molecule has 5 rings (SSSR count). The molecule has 4 aromatic heterocycles. The molecule has 1 aliphatic rings. The number of nitrogens with one attached hydrogen (secondary N) is 1.